The van der Waals surface area contributed by atoms with Gasteiger partial charge in [-0.15, -0.1) is 0 Å². The number of carboxylic acid groups (broad SMARTS) is 1. The lowest BCUT2D eigenvalue weighted by Crippen LogP contribution is -2.37. The van der Waals surface area contributed by atoms with Crippen LogP contribution in [0.3, 0.4) is 0 Å². The van der Waals surface area contributed by atoms with Crippen LogP contribution in [0.2, 0.25) is 5.02 Å². The molecule has 118 valence electrons. The van der Waals surface area contributed by atoms with Crippen molar-refractivity contribution in [1.82, 2.24) is 0 Å². The van der Waals surface area contributed by atoms with Crippen molar-refractivity contribution < 1.29 is 19.4 Å². The van der Waals surface area contributed by atoms with Crippen LogP contribution in [-0.2, 0) is 9.59 Å². The summed E-state index contributed by atoms with van der Waals surface area (Å²) in [5, 5.41) is 12.7. The SMILES string of the molecule is COc1ccc(Cl)cc1NC(=O)[C@@H]1[C@H]2CC[C@@H](C2)[C@H]1C(=O)O. The molecule has 0 radical (unpaired) electrons. The smallest absolute Gasteiger partial charge is 0.307 e. The maximum Gasteiger partial charge on any atom is 0.307 e. The molecule has 0 spiro atoms. The van der Waals surface area contributed by atoms with Crippen molar-refractivity contribution in [3.63, 3.8) is 0 Å². The fourth-order valence-corrected chi connectivity index (χ4v) is 4.19. The fourth-order valence-electron chi connectivity index (χ4n) is 4.02. The van der Waals surface area contributed by atoms with E-state index in [0.717, 1.165) is 19.3 Å². The van der Waals surface area contributed by atoms with Crippen LogP contribution in [0, 0.1) is 23.7 Å². The number of hydrogen-bond donors (Lipinski definition) is 2. The number of benzene rings is 1. The second-order valence-corrected chi connectivity index (χ2v) is 6.49. The molecule has 0 saturated heterocycles. The molecule has 1 aromatic carbocycles. The van der Waals surface area contributed by atoms with Crippen LogP contribution < -0.4 is 10.1 Å². The quantitative estimate of drug-likeness (QED) is 0.893. The van der Waals surface area contributed by atoms with E-state index in [4.69, 9.17) is 16.3 Å². The number of carbonyl (C=O) groups excluding carboxylic acids is 1. The van der Waals surface area contributed by atoms with Crippen LogP contribution >= 0.6 is 11.6 Å². The van der Waals surface area contributed by atoms with Gasteiger partial charge < -0.3 is 15.2 Å². The van der Waals surface area contributed by atoms with Gasteiger partial charge in [0, 0.05) is 5.02 Å². The number of carboxylic acids is 1. The topological polar surface area (TPSA) is 75.6 Å². The molecule has 2 N–H and O–H groups in total. The van der Waals surface area contributed by atoms with Gasteiger partial charge in [-0.05, 0) is 49.3 Å². The van der Waals surface area contributed by atoms with Gasteiger partial charge in [0.1, 0.15) is 5.75 Å². The van der Waals surface area contributed by atoms with Crippen LogP contribution in [-0.4, -0.2) is 24.1 Å². The molecule has 4 atom stereocenters. The Hall–Kier alpha value is -1.75. The van der Waals surface area contributed by atoms with E-state index in [-0.39, 0.29) is 17.7 Å². The Labute approximate surface area is 133 Å². The molecule has 5 nitrogen and oxygen atoms in total. The van der Waals surface area contributed by atoms with E-state index in [0.29, 0.717) is 16.5 Å². The number of aliphatic carboxylic acids is 1. The summed E-state index contributed by atoms with van der Waals surface area (Å²) in [6, 6.07) is 4.96. The Bertz CT molecular complexity index is 618. The first-order valence-electron chi connectivity index (χ1n) is 7.38. The van der Waals surface area contributed by atoms with Crippen molar-refractivity contribution in [3.8, 4) is 5.75 Å². The Morgan fingerprint density at radius 3 is 2.59 bits per heavy atom. The molecular formula is C16H18ClNO4. The summed E-state index contributed by atoms with van der Waals surface area (Å²) in [6.45, 7) is 0. The van der Waals surface area contributed by atoms with Crippen molar-refractivity contribution in [3.05, 3.63) is 23.2 Å². The highest BCUT2D eigenvalue weighted by Gasteiger charge is 2.54. The highest BCUT2D eigenvalue weighted by Crippen LogP contribution is 2.52. The lowest BCUT2D eigenvalue weighted by molar-refractivity contribution is -0.148. The third kappa shape index (κ3) is 2.54. The lowest BCUT2D eigenvalue weighted by atomic mass is 9.78. The summed E-state index contributed by atoms with van der Waals surface area (Å²) < 4.78 is 5.21. The van der Waals surface area contributed by atoms with Crippen LogP contribution in [0.25, 0.3) is 0 Å². The molecular weight excluding hydrogens is 306 g/mol. The minimum Gasteiger partial charge on any atom is -0.495 e. The highest BCUT2D eigenvalue weighted by molar-refractivity contribution is 6.31. The maximum absolute atomic E-state index is 12.6. The fraction of sp³-hybridized carbons (Fsp3) is 0.500. The molecule has 2 fully saturated rings. The second-order valence-electron chi connectivity index (χ2n) is 6.06. The summed E-state index contributed by atoms with van der Waals surface area (Å²) >= 11 is 5.96. The number of nitrogens with one attached hydrogen (secondary N) is 1. The highest BCUT2D eigenvalue weighted by atomic mass is 35.5. The van der Waals surface area contributed by atoms with Crippen molar-refractivity contribution in [2.75, 3.05) is 12.4 Å². The van der Waals surface area contributed by atoms with Crippen LogP contribution in [0.15, 0.2) is 18.2 Å². The number of halogens is 1. The summed E-state index contributed by atoms with van der Waals surface area (Å²) in [5.41, 5.74) is 0.479. The third-order valence-electron chi connectivity index (χ3n) is 4.92. The summed E-state index contributed by atoms with van der Waals surface area (Å²) in [4.78, 5) is 24.1. The van der Waals surface area contributed by atoms with E-state index in [1.165, 1.54) is 7.11 Å². The molecule has 0 aromatic heterocycles. The molecule has 2 bridgehead atoms. The van der Waals surface area contributed by atoms with E-state index >= 15 is 0 Å². The standard InChI is InChI=1S/C16H18ClNO4/c1-22-12-5-4-10(17)7-11(12)18-15(19)13-8-2-3-9(6-8)14(13)16(20)21/h4-5,7-9,13-14H,2-3,6H2,1H3,(H,18,19)(H,20,21)/t8-,9-,13+,14+/m0/s1. The number of carbonyl (C=O) groups is 2. The monoisotopic (exact) mass is 323 g/mol. The van der Waals surface area contributed by atoms with Gasteiger partial charge >= 0.3 is 5.97 Å². The van der Waals surface area contributed by atoms with Crippen molar-refractivity contribution in [2.45, 2.75) is 19.3 Å². The van der Waals surface area contributed by atoms with E-state index in [9.17, 15) is 14.7 Å². The van der Waals surface area contributed by atoms with Gasteiger partial charge in [-0.2, -0.15) is 0 Å². The summed E-state index contributed by atoms with van der Waals surface area (Å²) in [6.07, 6.45) is 2.67. The number of hydrogen-bond acceptors (Lipinski definition) is 3. The second kappa shape index (κ2) is 5.80. The first-order chi connectivity index (χ1) is 10.5. The van der Waals surface area contributed by atoms with Crippen molar-refractivity contribution in [2.24, 2.45) is 23.7 Å². The Morgan fingerprint density at radius 1 is 1.27 bits per heavy atom. The zero-order chi connectivity index (χ0) is 15.9. The van der Waals surface area contributed by atoms with Gasteiger partial charge in [-0.25, -0.2) is 0 Å². The Kier molecular flexibility index (Phi) is 4.00. The van der Waals surface area contributed by atoms with Crippen LogP contribution in [0.1, 0.15) is 19.3 Å². The van der Waals surface area contributed by atoms with Gasteiger partial charge in [0.15, 0.2) is 0 Å². The first kappa shape index (κ1) is 15.2. The van der Waals surface area contributed by atoms with Gasteiger partial charge in [-0.1, -0.05) is 11.6 Å². The van der Waals surface area contributed by atoms with Gasteiger partial charge in [-0.3, -0.25) is 9.59 Å². The van der Waals surface area contributed by atoms with E-state index in [1.807, 2.05) is 0 Å². The van der Waals surface area contributed by atoms with Gasteiger partial charge in [0.25, 0.3) is 0 Å². The number of anilines is 1. The predicted octanol–water partition coefficient (Wildman–Crippen LogP) is 3.03. The molecule has 0 unspecified atom stereocenters. The molecule has 2 saturated carbocycles. The zero-order valence-corrected chi connectivity index (χ0v) is 13.0. The molecule has 2 aliphatic carbocycles. The molecule has 6 heteroatoms. The molecule has 1 aromatic rings. The average molecular weight is 324 g/mol. The van der Waals surface area contributed by atoms with E-state index in [1.54, 1.807) is 18.2 Å². The summed E-state index contributed by atoms with van der Waals surface area (Å²) in [5.74, 6) is -1.38. The molecule has 0 aliphatic heterocycles. The number of amides is 1. The minimum atomic E-state index is -0.870. The normalized spacial score (nSPS) is 29.4. The minimum absolute atomic E-state index is 0.125. The third-order valence-corrected chi connectivity index (χ3v) is 5.16. The molecule has 3 rings (SSSR count). The predicted molar refractivity (Wildman–Crippen MR) is 82.1 cm³/mol. The Morgan fingerprint density at radius 2 is 1.95 bits per heavy atom. The number of methoxy groups -OCH3 is 1. The van der Waals surface area contributed by atoms with Crippen LogP contribution in [0.4, 0.5) is 5.69 Å². The van der Waals surface area contributed by atoms with Crippen molar-refractivity contribution in [1.29, 1.82) is 0 Å². The van der Waals surface area contributed by atoms with E-state index in [2.05, 4.69) is 5.32 Å². The zero-order valence-electron chi connectivity index (χ0n) is 12.2. The van der Waals surface area contributed by atoms with Crippen molar-refractivity contribution >= 4 is 29.2 Å². The first-order valence-corrected chi connectivity index (χ1v) is 7.76. The van der Waals surface area contributed by atoms with E-state index < -0.39 is 17.8 Å². The largest absolute Gasteiger partial charge is 0.495 e. The number of rotatable bonds is 4. The van der Waals surface area contributed by atoms with Gasteiger partial charge in [0.05, 0.1) is 24.6 Å². The van der Waals surface area contributed by atoms with Crippen LogP contribution in [0.5, 0.6) is 5.75 Å². The Balaban J connectivity index is 1.82. The maximum atomic E-state index is 12.6. The lowest BCUT2D eigenvalue weighted by Gasteiger charge is -2.27. The molecule has 22 heavy (non-hydrogen) atoms. The molecule has 1 amide bonds. The average Bonchev–Trinajstić information content (AvgIpc) is 3.08. The van der Waals surface area contributed by atoms with Gasteiger partial charge in [0.2, 0.25) is 5.91 Å². The molecule has 0 heterocycles. The number of fused-ring (bicyclic) bond motifs is 2. The molecule has 2 aliphatic rings. The number of ether oxygens (including phenoxy) is 1. The summed E-state index contributed by atoms with van der Waals surface area (Å²) in [7, 11) is 1.51.